The summed E-state index contributed by atoms with van der Waals surface area (Å²) in [5.41, 5.74) is 0. The van der Waals surface area contributed by atoms with E-state index in [1.807, 2.05) is 13.8 Å². The van der Waals surface area contributed by atoms with Crippen molar-refractivity contribution < 1.29 is 19.1 Å². The number of piperazine rings is 1. The van der Waals surface area contributed by atoms with Crippen LogP contribution in [0.4, 0.5) is 0 Å². The van der Waals surface area contributed by atoms with E-state index in [0.717, 1.165) is 0 Å². The van der Waals surface area contributed by atoms with Gasteiger partial charge in [0.15, 0.2) is 0 Å². The number of hydrogen-bond donors (Lipinski definition) is 1. The van der Waals surface area contributed by atoms with Crippen molar-refractivity contribution >= 4 is 11.8 Å². The molecule has 6 heteroatoms. The highest BCUT2D eigenvalue weighted by molar-refractivity contribution is 5.96. The summed E-state index contributed by atoms with van der Waals surface area (Å²) < 4.78 is 10.3. The molecule has 1 aliphatic heterocycles. The fraction of sp³-hybridized carbons (Fsp3) is 0.846. The summed E-state index contributed by atoms with van der Waals surface area (Å²) in [7, 11) is 3.17. The zero-order chi connectivity index (χ0) is 14.4. The van der Waals surface area contributed by atoms with E-state index in [2.05, 4.69) is 5.32 Å². The van der Waals surface area contributed by atoms with Gasteiger partial charge in [-0.05, 0) is 12.8 Å². The minimum atomic E-state index is -0.421. The number of methoxy groups -OCH3 is 2. The van der Waals surface area contributed by atoms with Crippen molar-refractivity contribution in [3.8, 4) is 0 Å². The summed E-state index contributed by atoms with van der Waals surface area (Å²) in [6, 6.07) is -0.833. The van der Waals surface area contributed by atoms with Crippen molar-refractivity contribution in [2.75, 3.05) is 27.4 Å². The molecule has 0 saturated carbocycles. The molecule has 0 aromatic rings. The quantitative estimate of drug-likeness (QED) is 0.717. The number of ether oxygens (including phenoxy) is 2. The van der Waals surface area contributed by atoms with Crippen LogP contribution in [-0.4, -0.2) is 62.3 Å². The molecule has 1 saturated heterocycles. The first-order chi connectivity index (χ1) is 9.08. The largest absolute Gasteiger partial charge is 0.382 e. The number of carbonyl (C=O) groups is 2. The first-order valence-corrected chi connectivity index (χ1v) is 6.71. The van der Waals surface area contributed by atoms with Gasteiger partial charge in [-0.15, -0.1) is 0 Å². The fourth-order valence-corrected chi connectivity index (χ4v) is 2.33. The molecule has 3 unspecified atom stereocenters. The van der Waals surface area contributed by atoms with Gasteiger partial charge in [-0.25, -0.2) is 0 Å². The lowest BCUT2D eigenvalue weighted by molar-refractivity contribution is -0.152. The molecule has 1 heterocycles. The van der Waals surface area contributed by atoms with Gasteiger partial charge in [-0.2, -0.15) is 0 Å². The summed E-state index contributed by atoms with van der Waals surface area (Å²) >= 11 is 0. The van der Waals surface area contributed by atoms with E-state index in [4.69, 9.17) is 9.47 Å². The Bertz CT molecular complexity index is 322. The van der Waals surface area contributed by atoms with Gasteiger partial charge in [0.25, 0.3) is 0 Å². The average Bonchev–Trinajstić information content (AvgIpc) is 2.41. The Kier molecular flexibility index (Phi) is 6.24. The van der Waals surface area contributed by atoms with Crippen LogP contribution in [0.5, 0.6) is 0 Å². The molecular weight excluding hydrogens is 248 g/mol. The molecule has 1 aliphatic rings. The second-order valence-electron chi connectivity index (χ2n) is 4.70. The standard InChI is InChI=1S/C13H24N2O4/c1-5-10-13(17)15(7-9(19-4)8-18-3)11(6-2)12(16)14-10/h9-11H,5-8H2,1-4H3,(H,14,16). The van der Waals surface area contributed by atoms with Crippen molar-refractivity contribution in [1.82, 2.24) is 10.2 Å². The van der Waals surface area contributed by atoms with Gasteiger partial charge in [0.05, 0.1) is 19.3 Å². The molecule has 6 nitrogen and oxygen atoms in total. The zero-order valence-electron chi connectivity index (χ0n) is 12.1. The lowest BCUT2D eigenvalue weighted by Gasteiger charge is -2.39. The second kappa shape index (κ2) is 7.45. The Hall–Kier alpha value is -1.14. The zero-order valence-corrected chi connectivity index (χ0v) is 12.1. The fourth-order valence-electron chi connectivity index (χ4n) is 2.33. The molecule has 0 bridgehead atoms. The molecule has 110 valence electrons. The van der Waals surface area contributed by atoms with E-state index in [-0.39, 0.29) is 17.9 Å². The van der Waals surface area contributed by atoms with Gasteiger partial charge < -0.3 is 19.7 Å². The van der Waals surface area contributed by atoms with E-state index >= 15 is 0 Å². The molecule has 1 rings (SSSR count). The second-order valence-corrected chi connectivity index (χ2v) is 4.70. The number of carbonyl (C=O) groups excluding carboxylic acids is 2. The van der Waals surface area contributed by atoms with E-state index in [9.17, 15) is 9.59 Å². The number of nitrogens with zero attached hydrogens (tertiary/aromatic N) is 1. The van der Waals surface area contributed by atoms with Crippen LogP contribution < -0.4 is 5.32 Å². The first kappa shape index (κ1) is 15.9. The van der Waals surface area contributed by atoms with E-state index in [0.29, 0.717) is 26.0 Å². The topological polar surface area (TPSA) is 67.9 Å². The molecule has 0 aliphatic carbocycles. The third kappa shape index (κ3) is 3.67. The van der Waals surface area contributed by atoms with Crippen molar-refractivity contribution in [2.45, 2.75) is 44.9 Å². The number of rotatable bonds is 7. The van der Waals surface area contributed by atoms with Gasteiger partial charge in [0, 0.05) is 14.2 Å². The SMILES string of the molecule is CCC1NC(=O)C(CC)N(CC(COC)OC)C1=O. The predicted octanol–water partition coefficient (Wildman–Crippen LogP) is 0.163. The molecule has 1 fully saturated rings. The molecule has 3 atom stereocenters. The molecule has 2 amide bonds. The van der Waals surface area contributed by atoms with Crippen LogP contribution in [0.1, 0.15) is 26.7 Å². The van der Waals surface area contributed by atoms with Gasteiger partial charge in [-0.1, -0.05) is 13.8 Å². The summed E-state index contributed by atoms with van der Waals surface area (Å²) in [6.45, 7) is 4.56. The molecular formula is C13H24N2O4. The summed E-state index contributed by atoms with van der Waals surface area (Å²) in [4.78, 5) is 26.0. The minimum Gasteiger partial charge on any atom is -0.382 e. The monoisotopic (exact) mass is 272 g/mol. The Morgan fingerprint density at radius 2 is 1.95 bits per heavy atom. The van der Waals surface area contributed by atoms with Crippen molar-refractivity contribution in [3.63, 3.8) is 0 Å². The molecule has 0 aromatic heterocycles. The smallest absolute Gasteiger partial charge is 0.245 e. The highest BCUT2D eigenvalue weighted by atomic mass is 16.5. The highest BCUT2D eigenvalue weighted by Gasteiger charge is 2.39. The highest BCUT2D eigenvalue weighted by Crippen LogP contribution is 2.16. The number of nitrogens with one attached hydrogen (secondary N) is 1. The summed E-state index contributed by atoms with van der Waals surface area (Å²) in [5, 5.41) is 2.77. The predicted molar refractivity (Wildman–Crippen MR) is 70.7 cm³/mol. The Balaban J connectivity index is 2.83. The lowest BCUT2D eigenvalue weighted by Crippen LogP contribution is -2.64. The molecule has 19 heavy (non-hydrogen) atoms. The molecule has 0 spiro atoms. The molecule has 0 aromatic carbocycles. The van der Waals surface area contributed by atoms with Crippen LogP contribution in [0, 0.1) is 0 Å². The maximum Gasteiger partial charge on any atom is 0.245 e. The van der Waals surface area contributed by atoms with Crippen LogP contribution in [0.3, 0.4) is 0 Å². The van der Waals surface area contributed by atoms with Gasteiger partial charge >= 0.3 is 0 Å². The summed E-state index contributed by atoms with van der Waals surface area (Å²) in [5.74, 6) is -0.117. The maximum atomic E-state index is 12.3. The minimum absolute atomic E-state index is 0.0351. The lowest BCUT2D eigenvalue weighted by atomic mass is 10.0. The van der Waals surface area contributed by atoms with Gasteiger partial charge in [0.1, 0.15) is 12.1 Å². The Labute approximate surface area is 114 Å². The van der Waals surface area contributed by atoms with Crippen molar-refractivity contribution in [3.05, 3.63) is 0 Å². The van der Waals surface area contributed by atoms with Crippen LogP contribution in [0.2, 0.25) is 0 Å². The van der Waals surface area contributed by atoms with E-state index in [1.54, 1.807) is 19.1 Å². The van der Waals surface area contributed by atoms with Gasteiger partial charge in [-0.3, -0.25) is 9.59 Å². The average molecular weight is 272 g/mol. The van der Waals surface area contributed by atoms with Crippen molar-refractivity contribution in [1.29, 1.82) is 0 Å². The van der Waals surface area contributed by atoms with E-state index in [1.165, 1.54) is 0 Å². The number of amides is 2. The van der Waals surface area contributed by atoms with Crippen molar-refractivity contribution in [2.24, 2.45) is 0 Å². The van der Waals surface area contributed by atoms with Gasteiger partial charge in [0.2, 0.25) is 11.8 Å². The Morgan fingerprint density at radius 1 is 1.26 bits per heavy atom. The third-order valence-corrected chi connectivity index (χ3v) is 3.46. The molecule has 0 radical (unpaired) electrons. The van der Waals surface area contributed by atoms with Crippen LogP contribution in [0.25, 0.3) is 0 Å². The Morgan fingerprint density at radius 3 is 2.42 bits per heavy atom. The van der Waals surface area contributed by atoms with Crippen LogP contribution >= 0.6 is 0 Å². The van der Waals surface area contributed by atoms with E-state index < -0.39 is 12.1 Å². The van der Waals surface area contributed by atoms with Crippen LogP contribution in [0.15, 0.2) is 0 Å². The maximum absolute atomic E-state index is 12.3. The summed E-state index contributed by atoms with van der Waals surface area (Å²) in [6.07, 6.45) is 0.975. The third-order valence-electron chi connectivity index (χ3n) is 3.46. The van der Waals surface area contributed by atoms with Crippen LogP contribution in [-0.2, 0) is 19.1 Å². The first-order valence-electron chi connectivity index (χ1n) is 6.71. The number of hydrogen-bond acceptors (Lipinski definition) is 4. The normalized spacial score (nSPS) is 25.4. The molecule has 1 N–H and O–H groups in total.